The van der Waals surface area contributed by atoms with E-state index in [0.29, 0.717) is 0 Å². The van der Waals surface area contributed by atoms with E-state index in [1.54, 1.807) is 0 Å². The summed E-state index contributed by atoms with van der Waals surface area (Å²) < 4.78 is 5.39. The molecule has 1 aromatic heterocycles. The molecule has 0 saturated heterocycles. The number of hydrogen-bond donors (Lipinski definition) is 0. The van der Waals surface area contributed by atoms with Gasteiger partial charge in [0.1, 0.15) is 8.80 Å². The minimum Gasteiger partial charge on any atom is -0.472 e. The molecule has 0 spiro atoms. The van der Waals surface area contributed by atoms with Crippen LogP contribution in [0.25, 0.3) is 0 Å². The quantitative estimate of drug-likeness (QED) is 0.538. The van der Waals surface area contributed by atoms with Crippen LogP contribution in [0.15, 0.2) is 16.5 Å². The zero-order valence-electron chi connectivity index (χ0n) is 6.06. The molecule has 49 valence electrons. The Morgan fingerprint density at radius 1 is 1.33 bits per heavy atom. The van der Waals surface area contributed by atoms with Crippen LogP contribution in [0.5, 0.6) is 0 Å². The first-order valence-corrected chi connectivity index (χ1v) is 5.57. The average Bonchev–Trinajstić information content (AvgIpc) is 2.14. The molecule has 1 heterocycles. The van der Waals surface area contributed by atoms with Crippen LogP contribution in [0.2, 0.25) is 13.1 Å². The maximum atomic E-state index is 5.39. The van der Waals surface area contributed by atoms with E-state index in [1.165, 1.54) is 5.38 Å². The highest BCUT2D eigenvalue weighted by atomic mass is 28.3. The monoisotopic (exact) mass is 139 g/mol. The van der Waals surface area contributed by atoms with Gasteiger partial charge in [-0.2, -0.15) is 0 Å². The second kappa shape index (κ2) is 2.39. The normalized spacial score (nSPS) is 10.7. The fourth-order valence-electron chi connectivity index (χ4n) is 0.703. The fourth-order valence-corrected chi connectivity index (χ4v) is 1.49. The number of hydrogen-bond acceptors (Lipinski definition) is 1. The molecule has 0 saturated carbocycles. The van der Waals surface area contributed by atoms with Crippen LogP contribution in [0.3, 0.4) is 0 Å². The molecule has 2 heteroatoms. The molecule has 0 atom stereocenters. The molecule has 0 bridgehead atoms. The van der Waals surface area contributed by atoms with Crippen molar-refractivity contribution in [3.05, 3.63) is 17.9 Å². The predicted octanol–water partition coefficient (Wildman–Crippen LogP) is 1.55. The van der Waals surface area contributed by atoms with Crippen LogP contribution in [0, 0.1) is 6.92 Å². The van der Waals surface area contributed by atoms with E-state index in [-0.39, 0.29) is 8.80 Å². The molecule has 1 radical (unpaired) electrons. The molecule has 0 unspecified atom stereocenters. The number of furan rings is 1. The van der Waals surface area contributed by atoms with Gasteiger partial charge in [-0.1, -0.05) is 13.1 Å². The Morgan fingerprint density at radius 2 is 2.00 bits per heavy atom. The molecule has 0 fully saturated rings. The second-order valence-corrected chi connectivity index (χ2v) is 4.90. The first kappa shape index (κ1) is 6.61. The Morgan fingerprint density at radius 3 is 2.22 bits per heavy atom. The second-order valence-electron chi connectivity index (χ2n) is 2.41. The molecule has 9 heavy (non-hydrogen) atoms. The molecule has 0 aliphatic carbocycles. The van der Waals surface area contributed by atoms with Gasteiger partial charge in [0, 0.05) is 0 Å². The Hall–Kier alpha value is -0.503. The maximum Gasteiger partial charge on any atom is 0.127 e. The van der Waals surface area contributed by atoms with Gasteiger partial charge in [0.05, 0.1) is 11.1 Å². The molecule has 0 amide bonds. The summed E-state index contributed by atoms with van der Waals surface area (Å²) in [6, 6.07) is 4.09. The predicted molar refractivity (Wildman–Crippen MR) is 40.6 cm³/mol. The molecule has 0 aliphatic heterocycles. The van der Waals surface area contributed by atoms with Crippen molar-refractivity contribution in [3.8, 4) is 0 Å². The molecule has 1 rings (SSSR count). The summed E-state index contributed by atoms with van der Waals surface area (Å²) in [6.45, 7) is 6.43. The topological polar surface area (TPSA) is 13.1 Å². The van der Waals surface area contributed by atoms with Crippen molar-refractivity contribution >= 4 is 14.2 Å². The molecule has 1 aromatic rings. The summed E-state index contributed by atoms with van der Waals surface area (Å²) in [4.78, 5) is 0. The van der Waals surface area contributed by atoms with Crippen LogP contribution in [0.4, 0.5) is 0 Å². The number of aryl methyl sites for hydroxylation is 1. The zero-order chi connectivity index (χ0) is 6.85. The maximum absolute atomic E-state index is 5.39. The van der Waals surface area contributed by atoms with E-state index < -0.39 is 0 Å². The van der Waals surface area contributed by atoms with Crippen molar-refractivity contribution in [2.45, 2.75) is 20.0 Å². The Labute approximate surface area is 57.3 Å². The van der Waals surface area contributed by atoms with Crippen molar-refractivity contribution in [1.29, 1.82) is 0 Å². The van der Waals surface area contributed by atoms with Crippen molar-refractivity contribution in [2.24, 2.45) is 0 Å². The third kappa shape index (κ3) is 1.45. The van der Waals surface area contributed by atoms with Gasteiger partial charge in [-0.15, -0.1) is 0 Å². The summed E-state index contributed by atoms with van der Waals surface area (Å²) in [5.74, 6) is 1.02. The molecule has 0 aromatic carbocycles. The lowest BCUT2D eigenvalue weighted by Crippen LogP contribution is -2.19. The first-order chi connectivity index (χ1) is 4.20. The zero-order valence-corrected chi connectivity index (χ0v) is 7.06. The summed E-state index contributed by atoms with van der Waals surface area (Å²) in [5.41, 5.74) is 0. The Bertz CT molecular complexity index is 191. The Kier molecular flexibility index (Phi) is 1.76. The van der Waals surface area contributed by atoms with Crippen LogP contribution in [-0.2, 0) is 0 Å². The van der Waals surface area contributed by atoms with Crippen LogP contribution in [-0.4, -0.2) is 8.80 Å². The first-order valence-electron chi connectivity index (χ1n) is 3.07. The molecule has 1 nitrogen and oxygen atoms in total. The highest BCUT2D eigenvalue weighted by Crippen LogP contribution is 1.95. The minimum atomic E-state index is -0.358. The molecule has 0 aliphatic rings. The van der Waals surface area contributed by atoms with E-state index >= 15 is 0 Å². The van der Waals surface area contributed by atoms with Gasteiger partial charge in [-0.05, 0) is 19.1 Å². The average molecular weight is 139 g/mol. The largest absolute Gasteiger partial charge is 0.472 e. The standard InChI is InChI=1S/C7H11OSi/c1-6-4-5-7(8-6)9(2)3/h4-5H,1-3H3. The Balaban J connectivity index is 2.85. The van der Waals surface area contributed by atoms with Gasteiger partial charge in [0.25, 0.3) is 0 Å². The van der Waals surface area contributed by atoms with Crippen molar-refractivity contribution in [2.75, 3.05) is 0 Å². The van der Waals surface area contributed by atoms with Gasteiger partial charge in [-0.3, -0.25) is 0 Å². The van der Waals surface area contributed by atoms with Gasteiger partial charge in [-0.25, -0.2) is 0 Å². The van der Waals surface area contributed by atoms with E-state index in [2.05, 4.69) is 19.2 Å². The lowest BCUT2D eigenvalue weighted by molar-refractivity contribution is 0.564. The van der Waals surface area contributed by atoms with Gasteiger partial charge < -0.3 is 4.42 Å². The summed E-state index contributed by atoms with van der Waals surface area (Å²) in [6.07, 6.45) is 0. The lowest BCUT2D eigenvalue weighted by atomic mass is 10.5. The minimum absolute atomic E-state index is 0.358. The summed E-state index contributed by atoms with van der Waals surface area (Å²) >= 11 is 0. The highest BCUT2D eigenvalue weighted by Gasteiger charge is 2.03. The van der Waals surface area contributed by atoms with Gasteiger partial charge in [0.15, 0.2) is 0 Å². The fraction of sp³-hybridized carbons (Fsp3) is 0.429. The van der Waals surface area contributed by atoms with Crippen LogP contribution < -0.4 is 5.38 Å². The molecule has 0 N–H and O–H groups in total. The highest BCUT2D eigenvalue weighted by molar-refractivity contribution is 6.69. The summed E-state index contributed by atoms with van der Waals surface area (Å²) in [5, 5.41) is 1.18. The lowest BCUT2D eigenvalue weighted by Gasteiger charge is -1.93. The van der Waals surface area contributed by atoms with Crippen molar-refractivity contribution in [3.63, 3.8) is 0 Å². The molecular formula is C7H11OSi. The van der Waals surface area contributed by atoms with E-state index in [4.69, 9.17) is 4.42 Å². The van der Waals surface area contributed by atoms with Crippen molar-refractivity contribution in [1.82, 2.24) is 0 Å². The van der Waals surface area contributed by atoms with Gasteiger partial charge >= 0.3 is 0 Å². The third-order valence-electron chi connectivity index (χ3n) is 1.23. The smallest absolute Gasteiger partial charge is 0.127 e. The van der Waals surface area contributed by atoms with Crippen LogP contribution in [0.1, 0.15) is 5.76 Å². The van der Waals surface area contributed by atoms with Crippen molar-refractivity contribution < 1.29 is 4.42 Å². The summed E-state index contributed by atoms with van der Waals surface area (Å²) in [7, 11) is -0.358. The van der Waals surface area contributed by atoms with E-state index in [9.17, 15) is 0 Å². The third-order valence-corrected chi connectivity index (χ3v) is 2.49. The number of rotatable bonds is 1. The van der Waals surface area contributed by atoms with E-state index in [1.807, 2.05) is 13.0 Å². The molecular weight excluding hydrogens is 128 g/mol. The van der Waals surface area contributed by atoms with E-state index in [0.717, 1.165) is 5.76 Å². The SMILES string of the molecule is Cc1ccc([Si](C)C)o1. The van der Waals surface area contributed by atoms with Crippen LogP contribution >= 0.6 is 0 Å². The van der Waals surface area contributed by atoms with Gasteiger partial charge in [0.2, 0.25) is 0 Å².